The van der Waals surface area contributed by atoms with Crippen molar-refractivity contribution in [2.45, 2.75) is 101 Å². The highest BCUT2D eigenvalue weighted by molar-refractivity contribution is 7.86. The third-order valence-electron chi connectivity index (χ3n) is 10.9. The van der Waals surface area contributed by atoms with Crippen LogP contribution in [-0.4, -0.2) is 98.0 Å². The van der Waals surface area contributed by atoms with Gasteiger partial charge in [-0.2, -0.15) is 16.8 Å². The number of carbonyl (C=O) groups excluding carboxylic acids is 4. The number of allylic oxidation sites excluding steroid dienone is 6. The first-order valence-electron chi connectivity index (χ1n) is 20.3. The van der Waals surface area contributed by atoms with Crippen molar-refractivity contribution in [1.29, 1.82) is 0 Å². The quantitative estimate of drug-likeness (QED) is 0.0404. The molecule has 0 aliphatic carbocycles. The molecule has 0 saturated carbocycles. The van der Waals surface area contributed by atoms with E-state index in [9.17, 15) is 58.1 Å². The Morgan fingerprint density at radius 1 is 0.891 bits per heavy atom. The van der Waals surface area contributed by atoms with Crippen LogP contribution < -0.4 is 14.9 Å². The number of imide groups is 1. The molecule has 20 nitrogen and oxygen atoms in total. The van der Waals surface area contributed by atoms with Crippen LogP contribution in [0.15, 0.2) is 76.4 Å². The Bertz CT molecular complexity index is 2640. The largest absolute Gasteiger partial charge is 0.748 e. The van der Waals surface area contributed by atoms with Crippen LogP contribution in [0.4, 0.5) is 11.5 Å². The van der Waals surface area contributed by atoms with Crippen molar-refractivity contribution in [2.75, 3.05) is 29.6 Å². The van der Waals surface area contributed by atoms with Crippen LogP contribution >= 0.6 is 0 Å². The summed E-state index contributed by atoms with van der Waals surface area (Å²) < 4.78 is 102. The van der Waals surface area contributed by atoms with Crippen molar-refractivity contribution in [3.8, 4) is 0 Å². The number of fused-ring (bicyclic) bond motifs is 2. The lowest BCUT2D eigenvalue weighted by atomic mass is 9.81. The number of pyridine rings is 1. The second kappa shape index (κ2) is 19.9. The summed E-state index contributed by atoms with van der Waals surface area (Å²) in [5.41, 5.74) is 4.08. The Balaban J connectivity index is 1.27. The number of aryl methyl sites for hydroxylation is 1. The molecule has 0 unspecified atom stereocenters. The first-order valence-corrected chi connectivity index (χ1v) is 24.9. The molecule has 0 bridgehead atoms. The maximum absolute atomic E-state index is 13.3. The van der Waals surface area contributed by atoms with Crippen molar-refractivity contribution in [1.82, 2.24) is 10.5 Å². The first-order chi connectivity index (χ1) is 29.8. The third kappa shape index (κ3) is 12.5. The van der Waals surface area contributed by atoms with Gasteiger partial charge in [-0.1, -0.05) is 38.5 Å². The second-order valence-corrected chi connectivity index (χ2v) is 20.9. The zero-order valence-corrected chi connectivity index (χ0v) is 38.1. The van der Waals surface area contributed by atoms with E-state index in [0.717, 1.165) is 0 Å². The molecule has 23 heteroatoms. The van der Waals surface area contributed by atoms with Crippen LogP contribution in [0, 0.1) is 0 Å². The molecule has 2 aromatic rings. The lowest BCUT2D eigenvalue weighted by Gasteiger charge is -2.27. The number of hydroxylamine groups is 3. The monoisotopic (exact) mass is 949 g/mol. The number of hydrogen-bond acceptors (Lipinski definition) is 15. The Morgan fingerprint density at radius 2 is 1.59 bits per heavy atom. The lowest BCUT2D eigenvalue weighted by molar-refractivity contribution is -0.684. The fraction of sp³-hybridized carbons (Fsp3) is 0.463. The van der Waals surface area contributed by atoms with E-state index in [1.54, 1.807) is 41.0 Å². The van der Waals surface area contributed by atoms with E-state index in [1.807, 2.05) is 32.6 Å². The molecular formula is C41H51N5O15S3. The minimum Gasteiger partial charge on any atom is -0.748 e. The lowest BCUT2D eigenvalue weighted by Crippen LogP contribution is -2.38. The number of aromatic nitrogens is 1. The SMILES string of the molecule is CC1(C)C(/C=C/C=C/C=C2/N(CCCS(=O)(=O)O)c3ccc(S(=O)(=O)O)cc3C2(C)C)=Nc2c1cc(C(=O)NOCCCCCC(=O)ON1C(=O)CCC1=O)c[n+]2CCCS(=O)(=O)[O-]. The highest BCUT2D eigenvalue weighted by Gasteiger charge is 2.43. The zero-order chi connectivity index (χ0) is 47.3. The summed E-state index contributed by atoms with van der Waals surface area (Å²) in [4.78, 5) is 65.2. The number of anilines is 1. The number of rotatable bonds is 21. The van der Waals surface area contributed by atoms with E-state index < -0.39 is 76.4 Å². The molecule has 3 aliphatic rings. The molecule has 0 atom stereocenters. The molecule has 348 valence electrons. The molecule has 5 rings (SSSR count). The van der Waals surface area contributed by atoms with E-state index in [2.05, 4.69) is 5.48 Å². The van der Waals surface area contributed by atoms with Crippen molar-refractivity contribution >= 4 is 71.3 Å². The maximum atomic E-state index is 13.3. The minimum atomic E-state index is -4.52. The fourth-order valence-electron chi connectivity index (χ4n) is 7.49. The number of aliphatic imine (C=N–C) groups is 1. The van der Waals surface area contributed by atoms with Crippen LogP contribution in [0.1, 0.15) is 101 Å². The zero-order valence-electron chi connectivity index (χ0n) is 35.7. The molecule has 1 aromatic heterocycles. The smallest absolute Gasteiger partial charge is 0.333 e. The number of nitrogens with one attached hydrogen (secondary N) is 1. The predicted molar refractivity (Wildman–Crippen MR) is 229 cm³/mol. The molecule has 3 aliphatic heterocycles. The van der Waals surface area contributed by atoms with E-state index in [1.165, 1.54) is 24.4 Å². The third-order valence-corrected chi connectivity index (χ3v) is 13.3. The van der Waals surface area contributed by atoms with Crippen molar-refractivity contribution < 1.29 is 72.3 Å². The highest BCUT2D eigenvalue weighted by atomic mass is 32.2. The Morgan fingerprint density at radius 3 is 2.25 bits per heavy atom. The number of nitrogens with zero attached hydrogens (tertiary/aromatic N) is 4. The fourth-order valence-corrected chi connectivity index (χ4v) is 8.97. The van der Waals surface area contributed by atoms with Crippen molar-refractivity contribution in [2.24, 2.45) is 4.99 Å². The molecule has 3 amide bonds. The van der Waals surface area contributed by atoms with Crippen LogP contribution in [0.3, 0.4) is 0 Å². The van der Waals surface area contributed by atoms with Crippen LogP contribution in [-0.2, 0) is 71.8 Å². The molecule has 64 heavy (non-hydrogen) atoms. The summed E-state index contributed by atoms with van der Waals surface area (Å²) in [6.45, 7) is 7.79. The molecule has 1 aromatic carbocycles. The molecular weight excluding hydrogens is 899 g/mol. The summed E-state index contributed by atoms with van der Waals surface area (Å²) in [6, 6.07) is 5.80. The average molecular weight is 950 g/mol. The second-order valence-electron chi connectivity index (χ2n) is 16.4. The van der Waals surface area contributed by atoms with Gasteiger partial charge in [-0.15, -0.1) is 5.06 Å². The Hall–Kier alpha value is -5.17. The van der Waals surface area contributed by atoms with Crippen LogP contribution in [0.5, 0.6) is 0 Å². The minimum absolute atomic E-state index is 0.00305. The summed E-state index contributed by atoms with van der Waals surface area (Å²) in [5.74, 6) is -3.13. The van der Waals surface area contributed by atoms with Gasteiger partial charge in [0.25, 0.3) is 38.0 Å². The number of benzene rings is 1. The first kappa shape index (κ1) is 49.8. The van der Waals surface area contributed by atoms with E-state index in [4.69, 9.17) is 14.7 Å². The number of amides is 3. The van der Waals surface area contributed by atoms with Gasteiger partial charge >= 0.3 is 11.8 Å². The number of unbranched alkanes of at least 4 members (excludes halogenated alkanes) is 2. The van der Waals surface area contributed by atoms with Gasteiger partial charge in [0.05, 0.1) is 50.5 Å². The van der Waals surface area contributed by atoms with E-state index >= 15 is 0 Å². The summed E-state index contributed by atoms with van der Waals surface area (Å²) in [7, 11) is -13.3. The molecule has 1 saturated heterocycles. The Labute approximate surface area is 371 Å². The van der Waals surface area contributed by atoms with Gasteiger partial charge in [0.2, 0.25) is 0 Å². The van der Waals surface area contributed by atoms with E-state index in [0.29, 0.717) is 58.4 Å². The van der Waals surface area contributed by atoms with Gasteiger partial charge in [-0.3, -0.25) is 28.3 Å². The standard InChI is InChI=1S/C41H51N5O15S3/c1-40(2)31-25-28(39(50)43-60-22-10-6-9-15-37(49)61-46-35(47)18-19-36(46)48)27-44(20-11-23-62(51,52)53)38(31)42-33(40)13-7-5-8-14-34-41(3,4)30-26-29(64(57,58)59)16-17-32(30)45(34)21-12-24-63(54,55)56/h5,7-8,13-14,16-17,25-27H,6,9-12,15,18-24H2,1-4H3,(H3-,43,50,51,52,53,54,55,56,57,58,59). The molecule has 0 radical (unpaired) electrons. The van der Waals surface area contributed by atoms with Crippen LogP contribution in [0.2, 0.25) is 0 Å². The molecule has 4 heterocycles. The summed E-state index contributed by atoms with van der Waals surface area (Å²) >= 11 is 0. The molecule has 1 fully saturated rings. The van der Waals surface area contributed by atoms with Gasteiger partial charge in [-0.05, 0) is 86.5 Å². The van der Waals surface area contributed by atoms with Crippen molar-refractivity contribution in [3.05, 3.63) is 83.2 Å². The Kier molecular flexibility index (Phi) is 15.5. The highest BCUT2D eigenvalue weighted by Crippen LogP contribution is 2.48. The summed E-state index contributed by atoms with van der Waals surface area (Å²) in [5, 5.41) is 0.491. The van der Waals surface area contributed by atoms with Gasteiger partial charge in [-0.25, -0.2) is 23.3 Å². The van der Waals surface area contributed by atoms with Gasteiger partial charge in [0.15, 0.2) is 5.71 Å². The molecule has 3 N–H and O–H groups in total. The van der Waals surface area contributed by atoms with Gasteiger partial charge in [0.1, 0.15) is 6.20 Å². The summed E-state index contributed by atoms with van der Waals surface area (Å²) in [6.07, 6.45) is 11.5. The molecule has 0 spiro atoms. The average Bonchev–Trinajstić information content (AvgIpc) is 3.72. The van der Waals surface area contributed by atoms with Crippen LogP contribution in [0.25, 0.3) is 0 Å². The van der Waals surface area contributed by atoms with Gasteiger partial charge < -0.3 is 14.3 Å². The topological polar surface area (TPSA) is 287 Å². The number of hydrogen-bond donors (Lipinski definition) is 3. The normalized spacial score (nSPS) is 17.7. The maximum Gasteiger partial charge on any atom is 0.333 e. The van der Waals surface area contributed by atoms with Crippen molar-refractivity contribution in [3.63, 3.8) is 0 Å². The number of carbonyl (C=O) groups is 4. The predicted octanol–water partition coefficient (Wildman–Crippen LogP) is 3.42. The van der Waals surface area contributed by atoms with Gasteiger partial charge in [0, 0.05) is 48.4 Å². The van der Waals surface area contributed by atoms with E-state index in [-0.39, 0.29) is 62.3 Å².